The van der Waals surface area contributed by atoms with Gasteiger partial charge in [-0.3, -0.25) is 0 Å². The molecule has 1 fully saturated rings. The molecular weight excluding hydrogens is 230 g/mol. The zero-order valence-corrected chi connectivity index (χ0v) is 11.7. The summed E-state index contributed by atoms with van der Waals surface area (Å²) in [5, 5.41) is 4.47. The minimum Gasteiger partial charge on any atom is -0.310 e. The second-order valence-electron chi connectivity index (χ2n) is 5.67. The van der Waals surface area contributed by atoms with Crippen molar-refractivity contribution in [3.8, 4) is 0 Å². The first-order chi connectivity index (χ1) is 8.03. The Balaban J connectivity index is 1.92. The van der Waals surface area contributed by atoms with E-state index in [4.69, 9.17) is 11.6 Å². The predicted molar refractivity (Wildman–Crippen MR) is 74.4 cm³/mol. The summed E-state index contributed by atoms with van der Waals surface area (Å²) in [5.74, 6) is 0.779. The van der Waals surface area contributed by atoms with Gasteiger partial charge in [-0.05, 0) is 48.8 Å². The Bertz CT molecular complexity index is 382. The fraction of sp³-hybridized carbons (Fsp3) is 0.600. The fourth-order valence-corrected chi connectivity index (χ4v) is 2.57. The summed E-state index contributed by atoms with van der Waals surface area (Å²) in [5.41, 5.74) is 1.84. The number of halogens is 1. The summed E-state index contributed by atoms with van der Waals surface area (Å²) >= 11 is 6.01. The van der Waals surface area contributed by atoms with E-state index in [1.165, 1.54) is 18.4 Å². The second kappa shape index (κ2) is 4.99. The first-order valence-corrected chi connectivity index (χ1v) is 6.90. The van der Waals surface area contributed by atoms with Gasteiger partial charge < -0.3 is 5.32 Å². The highest BCUT2D eigenvalue weighted by atomic mass is 35.5. The van der Waals surface area contributed by atoms with Gasteiger partial charge in [0.15, 0.2) is 0 Å². The molecule has 1 saturated carbocycles. The van der Waals surface area contributed by atoms with Crippen molar-refractivity contribution in [3.63, 3.8) is 0 Å². The molecule has 0 aromatic heterocycles. The van der Waals surface area contributed by atoms with Crippen LogP contribution in [-0.4, -0.2) is 6.54 Å². The van der Waals surface area contributed by atoms with Gasteiger partial charge in [0.25, 0.3) is 0 Å². The molecule has 0 bridgehead atoms. The van der Waals surface area contributed by atoms with Crippen LogP contribution >= 0.6 is 11.6 Å². The summed E-state index contributed by atoms with van der Waals surface area (Å²) in [4.78, 5) is 0. The van der Waals surface area contributed by atoms with Crippen molar-refractivity contribution < 1.29 is 0 Å². The van der Waals surface area contributed by atoms with Crippen molar-refractivity contribution in [2.24, 2.45) is 11.3 Å². The molecule has 2 heteroatoms. The van der Waals surface area contributed by atoms with Crippen molar-refractivity contribution in [3.05, 3.63) is 34.9 Å². The Morgan fingerprint density at radius 3 is 2.53 bits per heavy atom. The third kappa shape index (κ3) is 3.02. The third-order valence-corrected chi connectivity index (χ3v) is 4.46. The SMILES string of the molecule is CC(NCC1(C(C)C)CC1)c1cccc(Cl)c1. The monoisotopic (exact) mass is 251 g/mol. The maximum absolute atomic E-state index is 6.01. The highest BCUT2D eigenvalue weighted by Gasteiger charge is 2.44. The molecule has 0 amide bonds. The number of benzene rings is 1. The lowest BCUT2D eigenvalue weighted by Gasteiger charge is -2.23. The number of hydrogen-bond acceptors (Lipinski definition) is 1. The highest BCUT2D eigenvalue weighted by Crippen LogP contribution is 2.51. The van der Waals surface area contributed by atoms with E-state index in [9.17, 15) is 0 Å². The van der Waals surface area contributed by atoms with E-state index >= 15 is 0 Å². The molecule has 0 heterocycles. The summed E-state index contributed by atoms with van der Waals surface area (Å²) in [6.45, 7) is 8.00. The van der Waals surface area contributed by atoms with Gasteiger partial charge in [-0.15, -0.1) is 0 Å². The van der Waals surface area contributed by atoms with Crippen molar-refractivity contribution in [2.45, 2.75) is 39.7 Å². The maximum atomic E-state index is 6.01. The van der Waals surface area contributed by atoms with Crippen LogP contribution in [0.25, 0.3) is 0 Å². The number of nitrogens with one attached hydrogen (secondary N) is 1. The van der Waals surface area contributed by atoms with Gasteiger partial charge in [-0.2, -0.15) is 0 Å². The van der Waals surface area contributed by atoms with E-state index < -0.39 is 0 Å². The number of hydrogen-bond donors (Lipinski definition) is 1. The quantitative estimate of drug-likeness (QED) is 0.817. The van der Waals surface area contributed by atoms with E-state index in [-0.39, 0.29) is 0 Å². The molecule has 1 aliphatic carbocycles. The molecule has 1 aromatic carbocycles. The molecule has 1 N–H and O–H groups in total. The van der Waals surface area contributed by atoms with Crippen molar-refractivity contribution in [1.29, 1.82) is 0 Å². The smallest absolute Gasteiger partial charge is 0.0409 e. The van der Waals surface area contributed by atoms with Crippen LogP contribution in [0.4, 0.5) is 0 Å². The highest BCUT2D eigenvalue weighted by molar-refractivity contribution is 6.30. The van der Waals surface area contributed by atoms with Crippen LogP contribution in [0.1, 0.15) is 45.2 Å². The topological polar surface area (TPSA) is 12.0 Å². The lowest BCUT2D eigenvalue weighted by molar-refractivity contribution is 0.325. The Morgan fingerprint density at radius 1 is 1.29 bits per heavy atom. The molecule has 0 saturated heterocycles. The zero-order chi connectivity index (χ0) is 12.5. The standard InChI is InChI=1S/C15H22ClN/c1-11(2)15(7-8-15)10-17-12(3)13-5-4-6-14(16)9-13/h4-6,9,11-12,17H,7-8,10H2,1-3H3. The van der Waals surface area contributed by atoms with E-state index in [1.807, 2.05) is 18.2 Å². The zero-order valence-electron chi connectivity index (χ0n) is 11.0. The Hall–Kier alpha value is -0.530. The normalized spacial score (nSPS) is 19.4. The first kappa shape index (κ1) is 12.9. The molecule has 0 spiro atoms. The predicted octanol–water partition coefficient (Wildman–Crippen LogP) is 4.43. The molecule has 0 aliphatic heterocycles. The second-order valence-corrected chi connectivity index (χ2v) is 6.11. The van der Waals surface area contributed by atoms with Gasteiger partial charge in [0, 0.05) is 17.6 Å². The van der Waals surface area contributed by atoms with Crippen molar-refractivity contribution in [2.75, 3.05) is 6.54 Å². The van der Waals surface area contributed by atoms with Crippen LogP contribution in [0.3, 0.4) is 0 Å². The van der Waals surface area contributed by atoms with Gasteiger partial charge >= 0.3 is 0 Å². The van der Waals surface area contributed by atoms with E-state index in [1.54, 1.807) is 0 Å². The fourth-order valence-electron chi connectivity index (χ4n) is 2.37. The molecule has 2 rings (SSSR count). The van der Waals surface area contributed by atoms with Gasteiger partial charge in [0.05, 0.1) is 0 Å². The lowest BCUT2D eigenvalue weighted by atomic mass is 9.92. The average molecular weight is 252 g/mol. The summed E-state index contributed by atoms with van der Waals surface area (Å²) in [6.07, 6.45) is 2.75. The molecule has 1 unspecified atom stereocenters. The molecule has 1 nitrogen and oxygen atoms in total. The van der Waals surface area contributed by atoms with Crippen LogP contribution in [0, 0.1) is 11.3 Å². The molecule has 1 aromatic rings. The molecule has 1 aliphatic rings. The number of rotatable bonds is 5. The van der Waals surface area contributed by atoms with E-state index in [2.05, 4.69) is 32.2 Å². The largest absolute Gasteiger partial charge is 0.310 e. The Labute approximate surface area is 110 Å². The van der Waals surface area contributed by atoms with E-state index in [0.717, 1.165) is 17.5 Å². The lowest BCUT2D eigenvalue weighted by Crippen LogP contribution is -2.29. The van der Waals surface area contributed by atoms with Gasteiger partial charge in [0.2, 0.25) is 0 Å². The van der Waals surface area contributed by atoms with Gasteiger partial charge in [-0.25, -0.2) is 0 Å². The first-order valence-electron chi connectivity index (χ1n) is 6.52. The maximum Gasteiger partial charge on any atom is 0.0409 e. The van der Waals surface area contributed by atoms with Gasteiger partial charge in [0.1, 0.15) is 0 Å². The van der Waals surface area contributed by atoms with Crippen LogP contribution in [0.5, 0.6) is 0 Å². The van der Waals surface area contributed by atoms with Crippen molar-refractivity contribution >= 4 is 11.6 Å². The summed E-state index contributed by atoms with van der Waals surface area (Å²) in [6, 6.07) is 8.51. The Morgan fingerprint density at radius 2 is 2.00 bits per heavy atom. The summed E-state index contributed by atoms with van der Waals surface area (Å²) < 4.78 is 0. The molecule has 17 heavy (non-hydrogen) atoms. The third-order valence-electron chi connectivity index (χ3n) is 4.23. The Kier molecular flexibility index (Phi) is 3.79. The van der Waals surface area contributed by atoms with E-state index in [0.29, 0.717) is 11.5 Å². The molecule has 94 valence electrons. The van der Waals surface area contributed by atoms with Crippen LogP contribution in [0.15, 0.2) is 24.3 Å². The van der Waals surface area contributed by atoms with Gasteiger partial charge in [-0.1, -0.05) is 37.6 Å². The molecule has 1 atom stereocenters. The average Bonchev–Trinajstić information content (AvgIpc) is 3.07. The summed E-state index contributed by atoms with van der Waals surface area (Å²) in [7, 11) is 0. The minimum absolute atomic E-state index is 0.380. The van der Waals surface area contributed by atoms with Crippen LogP contribution < -0.4 is 5.32 Å². The molecular formula is C15H22ClN. The van der Waals surface area contributed by atoms with Crippen LogP contribution in [-0.2, 0) is 0 Å². The molecule has 0 radical (unpaired) electrons. The van der Waals surface area contributed by atoms with Crippen molar-refractivity contribution in [1.82, 2.24) is 5.32 Å². The minimum atomic E-state index is 0.380. The van der Waals surface area contributed by atoms with Crippen LogP contribution in [0.2, 0.25) is 5.02 Å².